The summed E-state index contributed by atoms with van der Waals surface area (Å²) in [5, 5.41) is 10.4. The Morgan fingerprint density at radius 3 is 2.77 bits per heavy atom. The topological polar surface area (TPSA) is 49.4 Å². The minimum absolute atomic E-state index is 0.101. The zero-order chi connectivity index (χ0) is 9.68. The van der Waals surface area contributed by atoms with E-state index in [9.17, 15) is 9.90 Å². The Morgan fingerprint density at radius 2 is 2.15 bits per heavy atom. The quantitative estimate of drug-likeness (QED) is 0.671. The minimum Gasteiger partial charge on any atom is -0.550 e. The van der Waals surface area contributed by atoms with Crippen molar-refractivity contribution in [1.29, 1.82) is 0 Å². The van der Waals surface area contributed by atoms with E-state index < -0.39 is 5.97 Å². The molecule has 1 aromatic rings. The fraction of sp³-hybridized carbons (Fsp3) is 0.300. The molecule has 0 saturated heterocycles. The fourth-order valence-corrected chi connectivity index (χ4v) is 1.10. The molecule has 0 spiro atoms. The maximum absolute atomic E-state index is 10.4. The van der Waals surface area contributed by atoms with Crippen molar-refractivity contribution in [2.45, 2.75) is 13.3 Å². The summed E-state index contributed by atoms with van der Waals surface area (Å²) in [4.78, 5) is 10.4. The van der Waals surface area contributed by atoms with Crippen LogP contribution in [-0.2, 0) is 11.2 Å². The fourth-order valence-electron chi connectivity index (χ4n) is 1.10. The van der Waals surface area contributed by atoms with Crippen LogP contribution in [0.3, 0.4) is 0 Å². The van der Waals surface area contributed by atoms with E-state index in [-0.39, 0.29) is 6.42 Å². The monoisotopic (exact) mass is 179 g/mol. The van der Waals surface area contributed by atoms with Crippen molar-refractivity contribution in [3.8, 4) is 5.75 Å². The Hall–Kier alpha value is -1.51. The highest BCUT2D eigenvalue weighted by Crippen LogP contribution is 2.17. The van der Waals surface area contributed by atoms with Crippen molar-refractivity contribution in [1.82, 2.24) is 0 Å². The highest BCUT2D eigenvalue weighted by molar-refractivity contribution is 5.69. The highest BCUT2D eigenvalue weighted by Gasteiger charge is 2.01. The lowest BCUT2D eigenvalue weighted by Gasteiger charge is -2.09. The molecule has 0 fully saturated rings. The number of benzene rings is 1. The van der Waals surface area contributed by atoms with Gasteiger partial charge in [-0.3, -0.25) is 0 Å². The molecule has 1 rings (SSSR count). The molecule has 70 valence electrons. The van der Waals surface area contributed by atoms with E-state index in [4.69, 9.17) is 4.74 Å². The van der Waals surface area contributed by atoms with Crippen molar-refractivity contribution in [3.63, 3.8) is 0 Å². The van der Waals surface area contributed by atoms with Crippen LogP contribution in [-0.4, -0.2) is 12.6 Å². The van der Waals surface area contributed by atoms with Crippen LogP contribution in [0.25, 0.3) is 0 Å². The van der Waals surface area contributed by atoms with Gasteiger partial charge in [-0.1, -0.05) is 18.2 Å². The molecule has 0 bridgehead atoms. The molecule has 0 N–H and O–H groups in total. The standard InChI is InChI=1S/C10H12O3/c1-2-13-9-6-4-3-5-8(9)7-10(11)12/h3-6H,2,7H2,1H3,(H,11,12)/p-1. The number of para-hydroxylation sites is 1. The lowest BCUT2D eigenvalue weighted by molar-refractivity contribution is -0.304. The molecule has 0 saturated carbocycles. The Bertz CT molecular complexity index is 294. The smallest absolute Gasteiger partial charge is 0.122 e. The third-order valence-corrected chi connectivity index (χ3v) is 1.61. The van der Waals surface area contributed by atoms with E-state index in [1.807, 2.05) is 13.0 Å². The van der Waals surface area contributed by atoms with Gasteiger partial charge in [0.05, 0.1) is 6.61 Å². The molecule has 0 radical (unpaired) electrons. The van der Waals surface area contributed by atoms with Gasteiger partial charge in [-0.2, -0.15) is 0 Å². The van der Waals surface area contributed by atoms with Crippen molar-refractivity contribution in [2.24, 2.45) is 0 Å². The first-order valence-corrected chi connectivity index (χ1v) is 4.14. The summed E-state index contributed by atoms with van der Waals surface area (Å²) in [5.41, 5.74) is 0.657. The molecule has 0 atom stereocenters. The molecule has 13 heavy (non-hydrogen) atoms. The van der Waals surface area contributed by atoms with Crippen LogP contribution in [0.1, 0.15) is 12.5 Å². The molecule has 0 aliphatic heterocycles. The van der Waals surface area contributed by atoms with Crippen LogP contribution < -0.4 is 9.84 Å². The Labute approximate surface area is 77.0 Å². The molecule has 0 amide bonds. The van der Waals surface area contributed by atoms with Gasteiger partial charge in [0, 0.05) is 12.4 Å². The molecular formula is C10H11O3-. The third kappa shape index (κ3) is 2.78. The van der Waals surface area contributed by atoms with E-state index in [1.165, 1.54) is 0 Å². The van der Waals surface area contributed by atoms with Crippen molar-refractivity contribution >= 4 is 5.97 Å². The highest BCUT2D eigenvalue weighted by atomic mass is 16.5. The van der Waals surface area contributed by atoms with Gasteiger partial charge < -0.3 is 14.6 Å². The maximum Gasteiger partial charge on any atom is 0.122 e. The second-order valence-electron chi connectivity index (χ2n) is 2.59. The Kier molecular flexibility index (Phi) is 3.31. The summed E-state index contributed by atoms with van der Waals surface area (Å²) in [6, 6.07) is 7.06. The number of ether oxygens (including phenoxy) is 1. The van der Waals surface area contributed by atoms with Gasteiger partial charge in [-0.15, -0.1) is 0 Å². The summed E-state index contributed by atoms with van der Waals surface area (Å²) < 4.78 is 5.25. The van der Waals surface area contributed by atoms with E-state index in [2.05, 4.69) is 0 Å². The first-order chi connectivity index (χ1) is 6.24. The SMILES string of the molecule is CCOc1ccccc1CC(=O)[O-]. The lowest BCUT2D eigenvalue weighted by Crippen LogP contribution is -2.24. The zero-order valence-electron chi connectivity index (χ0n) is 7.45. The molecule has 0 aliphatic carbocycles. The average molecular weight is 179 g/mol. The second kappa shape index (κ2) is 4.50. The molecule has 0 aromatic heterocycles. The van der Waals surface area contributed by atoms with E-state index >= 15 is 0 Å². The van der Waals surface area contributed by atoms with Crippen LogP contribution >= 0.6 is 0 Å². The zero-order valence-corrected chi connectivity index (χ0v) is 7.45. The number of aliphatic carboxylic acids is 1. The Balaban J connectivity index is 2.84. The lowest BCUT2D eigenvalue weighted by atomic mass is 10.1. The van der Waals surface area contributed by atoms with Crippen LogP contribution in [0, 0.1) is 0 Å². The molecular weight excluding hydrogens is 168 g/mol. The molecule has 0 unspecified atom stereocenters. The molecule has 1 aromatic carbocycles. The van der Waals surface area contributed by atoms with Gasteiger partial charge in [0.15, 0.2) is 0 Å². The van der Waals surface area contributed by atoms with Crippen LogP contribution in [0.5, 0.6) is 5.75 Å². The van der Waals surface area contributed by atoms with E-state index in [0.717, 1.165) is 0 Å². The largest absolute Gasteiger partial charge is 0.550 e. The first-order valence-electron chi connectivity index (χ1n) is 4.14. The summed E-state index contributed by atoms with van der Waals surface area (Å²) in [6.07, 6.45) is -0.101. The van der Waals surface area contributed by atoms with Gasteiger partial charge in [0.25, 0.3) is 0 Å². The van der Waals surface area contributed by atoms with Gasteiger partial charge in [-0.05, 0) is 18.6 Å². The Morgan fingerprint density at radius 1 is 1.46 bits per heavy atom. The van der Waals surface area contributed by atoms with Crippen molar-refractivity contribution in [2.75, 3.05) is 6.61 Å². The van der Waals surface area contributed by atoms with E-state index in [0.29, 0.717) is 17.9 Å². The number of hydrogen-bond donors (Lipinski definition) is 0. The molecule has 0 aliphatic rings. The number of rotatable bonds is 4. The van der Waals surface area contributed by atoms with Crippen LogP contribution in [0.4, 0.5) is 0 Å². The number of carbonyl (C=O) groups excluding carboxylic acids is 1. The van der Waals surface area contributed by atoms with Crippen molar-refractivity contribution in [3.05, 3.63) is 29.8 Å². The van der Waals surface area contributed by atoms with Gasteiger partial charge in [0.2, 0.25) is 0 Å². The first kappa shape index (κ1) is 9.58. The van der Waals surface area contributed by atoms with Crippen molar-refractivity contribution < 1.29 is 14.6 Å². The predicted octanol–water partition coefficient (Wildman–Crippen LogP) is 0.378. The van der Waals surface area contributed by atoms with Crippen LogP contribution in [0.2, 0.25) is 0 Å². The van der Waals surface area contributed by atoms with Gasteiger partial charge in [-0.25, -0.2) is 0 Å². The molecule has 0 heterocycles. The number of carboxylic acids is 1. The molecule has 3 heteroatoms. The second-order valence-corrected chi connectivity index (χ2v) is 2.59. The minimum atomic E-state index is -1.09. The summed E-state index contributed by atoms with van der Waals surface area (Å²) in [5.74, 6) is -0.471. The third-order valence-electron chi connectivity index (χ3n) is 1.61. The average Bonchev–Trinajstić information content (AvgIpc) is 2.08. The summed E-state index contributed by atoms with van der Waals surface area (Å²) in [6.45, 7) is 2.39. The van der Waals surface area contributed by atoms with Gasteiger partial charge >= 0.3 is 0 Å². The number of hydrogen-bond acceptors (Lipinski definition) is 3. The predicted molar refractivity (Wildman–Crippen MR) is 46.3 cm³/mol. The van der Waals surface area contributed by atoms with E-state index in [1.54, 1.807) is 18.2 Å². The molecule has 3 nitrogen and oxygen atoms in total. The maximum atomic E-state index is 10.4. The normalized spacial score (nSPS) is 9.62. The number of carbonyl (C=O) groups is 1. The summed E-state index contributed by atoms with van der Waals surface area (Å²) in [7, 11) is 0. The number of carboxylic acid groups (broad SMARTS) is 1. The van der Waals surface area contributed by atoms with Crippen LogP contribution in [0.15, 0.2) is 24.3 Å². The summed E-state index contributed by atoms with van der Waals surface area (Å²) >= 11 is 0. The van der Waals surface area contributed by atoms with Gasteiger partial charge in [0.1, 0.15) is 5.75 Å².